The van der Waals surface area contributed by atoms with Crippen LogP contribution in [-0.2, 0) is 4.79 Å². The van der Waals surface area contributed by atoms with Gasteiger partial charge in [-0.1, -0.05) is 13.0 Å². The molecule has 120 valence electrons. The van der Waals surface area contributed by atoms with E-state index in [9.17, 15) is 4.79 Å². The van der Waals surface area contributed by atoms with Crippen LogP contribution in [0, 0.1) is 6.92 Å². The summed E-state index contributed by atoms with van der Waals surface area (Å²) in [4.78, 5) is 12.5. The van der Waals surface area contributed by atoms with Gasteiger partial charge in [-0.2, -0.15) is 0 Å². The summed E-state index contributed by atoms with van der Waals surface area (Å²) >= 11 is 0. The Hall–Kier alpha value is -1.97. The van der Waals surface area contributed by atoms with Gasteiger partial charge in [0.1, 0.15) is 11.5 Å². The lowest BCUT2D eigenvalue weighted by molar-refractivity contribution is -0.121. The summed E-state index contributed by atoms with van der Waals surface area (Å²) < 4.78 is 16.8. The van der Waals surface area contributed by atoms with E-state index in [0.717, 1.165) is 22.4 Å². The van der Waals surface area contributed by atoms with Gasteiger partial charge >= 0.3 is 0 Å². The molecule has 4 heteroatoms. The Labute approximate surface area is 132 Å². The number of carbonyl (C=O) groups is 1. The normalized spacial score (nSPS) is 20.3. The van der Waals surface area contributed by atoms with Crippen LogP contribution in [0.25, 0.3) is 0 Å². The van der Waals surface area contributed by atoms with Gasteiger partial charge in [0.05, 0.1) is 27.2 Å². The smallest absolute Gasteiger partial charge is 0.167 e. The molecule has 1 aromatic carbocycles. The summed E-state index contributed by atoms with van der Waals surface area (Å²) in [7, 11) is 4.88. The zero-order chi connectivity index (χ0) is 16.4. The molecule has 0 amide bonds. The lowest BCUT2D eigenvalue weighted by Gasteiger charge is -2.33. The van der Waals surface area contributed by atoms with Gasteiger partial charge in [-0.05, 0) is 19.3 Å². The van der Waals surface area contributed by atoms with Gasteiger partial charge in [0.2, 0.25) is 0 Å². The van der Waals surface area contributed by atoms with Crippen molar-refractivity contribution < 1.29 is 19.0 Å². The summed E-state index contributed by atoms with van der Waals surface area (Å²) in [6.45, 7) is 7.75. The molecule has 0 bridgehead atoms. The Kier molecular flexibility index (Phi) is 4.79. The monoisotopic (exact) mass is 304 g/mol. The molecule has 1 aliphatic carbocycles. The topological polar surface area (TPSA) is 44.8 Å². The lowest BCUT2D eigenvalue weighted by Crippen LogP contribution is -2.24. The number of Topliss-reactive ketones (excluding diaryl/α,β-unsaturated/α-hetero) is 1. The third-order valence-corrected chi connectivity index (χ3v) is 4.42. The Bertz CT molecular complexity index is 604. The average Bonchev–Trinajstić information content (AvgIpc) is 2.49. The number of hydrogen-bond donors (Lipinski definition) is 0. The molecular weight excluding hydrogens is 280 g/mol. The largest absolute Gasteiger partial charge is 0.496 e. The first-order chi connectivity index (χ1) is 10.5. The second-order valence-electron chi connectivity index (χ2n) is 5.70. The second-order valence-corrected chi connectivity index (χ2v) is 5.70. The zero-order valence-electron chi connectivity index (χ0n) is 14.0. The van der Waals surface area contributed by atoms with Gasteiger partial charge in [0.25, 0.3) is 0 Å². The number of ketones is 1. The first-order valence-corrected chi connectivity index (χ1v) is 7.47. The highest BCUT2D eigenvalue weighted by Crippen LogP contribution is 2.53. The highest BCUT2D eigenvalue weighted by molar-refractivity contribution is 5.91. The third-order valence-electron chi connectivity index (χ3n) is 4.42. The van der Waals surface area contributed by atoms with Crippen LogP contribution in [0.5, 0.6) is 17.2 Å². The molecule has 2 atom stereocenters. The van der Waals surface area contributed by atoms with Crippen molar-refractivity contribution in [1.29, 1.82) is 0 Å². The Balaban J connectivity index is 2.86. The number of methoxy groups -OCH3 is 3. The number of ether oxygens (including phenoxy) is 3. The predicted octanol–water partition coefficient (Wildman–Crippen LogP) is 3.76. The van der Waals surface area contributed by atoms with E-state index in [2.05, 4.69) is 6.58 Å². The Morgan fingerprint density at radius 2 is 1.68 bits per heavy atom. The molecule has 0 unspecified atom stereocenters. The van der Waals surface area contributed by atoms with E-state index >= 15 is 0 Å². The van der Waals surface area contributed by atoms with Crippen molar-refractivity contribution in [3.63, 3.8) is 0 Å². The van der Waals surface area contributed by atoms with Gasteiger partial charge in [-0.25, -0.2) is 0 Å². The molecule has 0 radical (unpaired) electrons. The van der Waals surface area contributed by atoms with Gasteiger partial charge in [0, 0.05) is 23.1 Å². The maximum Gasteiger partial charge on any atom is 0.167 e. The Morgan fingerprint density at radius 3 is 2.18 bits per heavy atom. The molecular formula is C18H24O4. The number of allylic oxidation sites excluding steroid dienone is 1. The molecule has 1 aromatic rings. The fourth-order valence-corrected chi connectivity index (χ4v) is 3.51. The highest BCUT2D eigenvalue weighted by Gasteiger charge is 2.38. The molecule has 2 rings (SSSR count). The van der Waals surface area contributed by atoms with Crippen LogP contribution in [0.2, 0.25) is 0 Å². The van der Waals surface area contributed by atoms with Crippen LogP contribution in [0.4, 0.5) is 0 Å². The minimum absolute atomic E-state index is 0.0712. The summed E-state index contributed by atoms with van der Waals surface area (Å²) in [5.41, 5.74) is 2.81. The fraction of sp³-hybridized carbons (Fsp3) is 0.500. The molecule has 1 aliphatic rings. The van der Waals surface area contributed by atoms with E-state index in [1.165, 1.54) is 0 Å². The van der Waals surface area contributed by atoms with Crippen molar-refractivity contribution in [3.8, 4) is 17.2 Å². The van der Waals surface area contributed by atoms with E-state index in [-0.39, 0.29) is 17.6 Å². The maximum atomic E-state index is 12.5. The van der Waals surface area contributed by atoms with Crippen molar-refractivity contribution in [2.24, 2.45) is 0 Å². The first-order valence-electron chi connectivity index (χ1n) is 7.47. The zero-order valence-corrected chi connectivity index (χ0v) is 14.0. The quantitative estimate of drug-likeness (QED) is 0.777. The number of benzene rings is 1. The summed E-state index contributed by atoms with van der Waals surface area (Å²) in [5, 5.41) is 0. The number of rotatable bonds is 5. The van der Waals surface area contributed by atoms with Crippen molar-refractivity contribution in [2.75, 3.05) is 21.3 Å². The molecule has 22 heavy (non-hydrogen) atoms. The molecule has 0 aromatic heterocycles. The molecule has 0 aliphatic heterocycles. The van der Waals surface area contributed by atoms with Crippen LogP contribution < -0.4 is 14.2 Å². The predicted molar refractivity (Wildman–Crippen MR) is 86.4 cm³/mol. The minimum Gasteiger partial charge on any atom is -0.496 e. The molecule has 0 spiro atoms. The van der Waals surface area contributed by atoms with Crippen LogP contribution >= 0.6 is 0 Å². The van der Waals surface area contributed by atoms with Gasteiger partial charge < -0.3 is 14.2 Å². The number of hydrogen-bond acceptors (Lipinski definition) is 4. The molecule has 0 heterocycles. The van der Waals surface area contributed by atoms with E-state index < -0.39 is 0 Å². The van der Waals surface area contributed by atoms with E-state index in [0.29, 0.717) is 24.3 Å². The minimum atomic E-state index is -0.225. The van der Waals surface area contributed by atoms with Crippen molar-refractivity contribution in [3.05, 3.63) is 29.3 Å². The molecule has 0 saturated heterocycles. The van der Waals surface area contributed by atoms with E-state index in [1.54, 1.807) is 27.4 Å². The third kappa shape index (κ3) is 2.36. The Morgan fingerprint density at radius 1 is 1.09 bits per heavy atom. The summed E-state index contributed by atoms with van der Waals surface area (Å²) in [5.74, 6) is 2.19. The SMILES string of the molecule is C=CC[C@H]1C(=O)C[C@H](C)c2c(OC)c(OC)c(C)c(OC)c21. The molecule has 0 saturated carbocycles. The molecule has 4 nitrogen and oxygen atoms in total. The number of fused-ring (bicyclic) bond motifs is 1. The van der Waals surface area contributed by atoms with Crippen LogP contribution in [0.15, 0.2) is 12.7 Å². The summed E-state index contributed by atoms with van der Waals surface area (Å²) in [6.07, 6.45) is 2.88. The van der Waals surface area contributed by atoms with E-state index in [4.69, 9.17) is 14.2 Å². The van der Waals surface area contributed by atoms with Gasteiger partial charge in [0.15, 0.2) is 11.5 Å². The average molecular weight is 304 g/mol. The summed E-state index contributed by atoms with van der Waals surface area (Å²) in [6, 6.07) is 0. The van der Waals surface area contributed by atoms with Gasteiger partial charge in [-0.15, -0.1) is 6.58 Å². The van der Waals surface area contributed by atoms with Gasteiger partial charge in [-0.3, -0.25) is 4.79 Å². The second kappa shape index (κ2) is 6.42. The first kappa shape index (κ1) is 16.4. The number of carbonyl (C=O) groups excluding carboxylic acids is 1. The van der Waals surface area contributed by atoms with Crippen LogP contribution in [-0.4, -0.2) is 27.1 Å². The van der Waals surface area contributed by atoms with Crippen LogP contribution in [0.3, 0.4) is 0 Å². The van der Waals surface area contributed by atoms with E-state index in [1.807, 2.05) is 13.8 Å². The lowest BCUT2D eigenvalue weighted by atomic mass is 9.73. The molecule has 0 N–H and O–H groups in total. The van der Waals surface area contributed by atoms with Crippen LogP contribution in [0.1, 0.15) is 48.3 Å². The van der Waals surface area contributed by atoms with Crippen molar-refractivity contribution in [2.45, 2.75) is 38.5 Å². The highest BCUT2D eigenvalue weighted by atomic mass is 16.5. The maximum absolute atomic E-state index is 12.5. The fourth-order valence-electron chi connectivity index (χ4n) is 3.51. The van der Waals surface area contributed by atoms with Crippen molar-refractivity contribution in [1.82, 2.24) is 0 Å². The molecule has 0 fully saturated rings. The standard InChI is InChI=1S/C18H24O4/c1-7-8-12-13(19)9-10(2)14-15(12)16(20-4)11(3)17(21-5)18(14)22-6/h7,10,12H,1,8-9H2,2-6H3/t10-,12-/m0/s1. The van der Waals surface area contributed by atoms with Crippen molar-refractivity contribution >= 4 is 5.78 Å².